The fourth-order valence-electron chi connectivity index (χ4n) is 2.54. The van der Waals surface area contributed by atoms with E-state index in [2.05, 4.69) is 9.97 Å². The summed E-state index contributed by atoms with van der Waals surface area (Å²) in [6, 6.07) is 7.82. The van der Waals surface area contributed by atoms with E-state index in [0.717, 1.165) is 28.8 Å². The van der Waals surface area contributed by atoms with Crippen LogP contribution in [0, 0.1) is 0 Å². The number of aliphatic hydroxyl groups is 1. The molecule has 0 amide bonds. The Hall–Kier alpha value is -2.14. The molecule has 0 atom stereocenters. The van der Waals surface area contributed by atoms with Gasteiger partial charge in [0.2, 0.25) is 0 Å². The Morgan fingerprint density at radius 3 is 2.71 bits per heavy atom. The summed E-state index contributed by atoms with van der Waals surface area (Å²) in [6.45, 7) is 6.81. The van der Waals surface area contributed by atoms with Crippen molar-refractivity contribution in [3.63, 3.8) is 0 Å². The van der Waals surface area contributed by atoms with Gasteiger partial charge in [0.1, 0.15) is 17.4 Å². The van der Waals surface area contributed by atoms with Gasteiger partial charge in [-0.3, -0.25) is 0 Å². The third-order valence-electron chi connectivity index (χ3n) is 3.40. The lowest BCUT2D eigenvalue weighted by Crippen LogP contribution is -2.39. The number of benzene rings is 1. The molecule has 0 aliphatic carbocycles. The minimum Gasteiger partial charge on any atom is -0.450 e. The molecule has 0 saturated carbocycles. The molecule has 21 heavy (non-hydrogen) atoms. The Morgan fingerprint density at radius 2 is 2.00 bits per heavy atom. The molecule has 3 rings (SSSR count). The smallest absolute Gasteiger partial charge is 0.196 e. The number of likely N-dealkylation sites (N-methyl/N-ethyl adjacent to an activating group) is 1. The van der Waals surface area contributed by atoms with Crippen LogP contribution < -0.4 is 4.90 Å². The average Bonchev–Trinajstić information content (AvgIpc) is 2.82. The normalized spacial score (nSPS) is 12.2. The monoisotopic (exact) mass is 285 g/mol. The number of nitrogens with zero attached hydrogens (tertiary/aromatic N) is 3. The van der Waals surface area contributed by atoms with Crippen molar-refractivity contribution in [2.45, 2.75) is 26.4 Å². The number of rotatable bonds is 4. The van der Waals surface area contributed by atoms with Gasteiger partial charge in [-0.1, -0.05) is 12.1 Å². The van der Waals surface area contributed by atoms with Crippen LogP contribution in [0.5, 0.6) is 0 Å². The van der Waals surface area contributed by atoms with Gasteiger partial charge in [-0.25, -0.2) is 9.97 Å². The van der Waals surface area contributed by atoms with Gasteiger partial charge in [0.05, 0.1) is 5.60 Å². The van der Waals surface area contributed by atoms with Crippen LogP contribution in [0.1, 0.15) is 20.8 Å². The first-order valence-corrected chi connectivity index (χ1v) is 7.09. The van der Waals surface area contributed by atoms with Gasteiger partial charge >= 0.3 is 0 Å². The molecule has 0 unspecified atom stereocenters. The molecule has 0 aliphatic heterocycles. The quantitative estimate of drug-likeness (QED) is 0.798. The molecular weight excluding hydrogens is 266 g/mol. The van der Waals surface area contributed by atoms with E-state index in [4.69, 9.17) is 4.42 Å². The summed E-state index contributed by atoms with van der Waals surface area (Å²) < 4.78 is 5.93. The number of aromatic nitrogens is 2. The van der Waals surface area contributed by atoms with Crippen LogP contribution in [0.3, 0.4) is 0 Å². The van der Waals surface area contributed by atoms with Crippen molar-refractivity contribution >= 4 is 27.9 Å². The summed E-state index contributed by atoms with van der Waals surface area (Å²) >= 11 is 0. The van der Waals surface area contributed by atoms with E-state index in [0.29, 0.717) is 12.1 Å². The van der Waals surface area contributed by atoms with Crippen LogP contribution >= 0.6 is 0 Å². The fourth-order valence-corrected chi connectivity index (χ4v) is 2.54. The molecule has 3 aromatic rings. The predicted octanol–water partition coefficient (Wildman–Crippen LogP) is 2.97. The second-order valence-electron chi connectivity index (χ2n) is 5.80. The molecule has 2 heterocycles. The molecular formula is C16H19N3O2. The highest BCUT2D eigenvalue weighted by atomic mass is 16.3. The van der Waals surface area contributed by atoms with Gasteiger partial charge in [-0.15, -0.1) is 0 Å². The first kappa shape index (κ1) is 13.8. The number of hydrogen-bond donors (Lipinski definition) is 1. The van der Waals surface area contributed by atoms with Gasteiger partial charge < -0.3 is 14.4 Å². The number of hydrogen-bond acceptors (Lipinski definition) is 5. The van der Waals surface area contributed by atoms with E-state index < -0.39 is 5.60 Å². The number of anilines is 1. The Bertz CT molecular complexity index is 774. The molecule has 110 valence electrons. The molecule has 0 radical (unpaired) electrons. The highest BCUT2D eigenvalue weighted by Gasteiger charge is 2.22. The van der Waals surface area contributed by atoms with Crippen LogP contribution in [-0.4, -0.2) is 33.8 Å². The van der Waals surface area contributed by atoms with E-state index >= 15 is 0 Å². The van der Waals surface area contributed by atoms with Gasteiger partial charge in [-0.05, 0) is 32.9 Å². The summed E-state index contributed by atoms with van der Waals surface area (Å²) in [6.07, 6.45) is 1.55. The predicted molar refractivity (Wildman–Crippen MR) is 83.5 cm³/mol. The lowest BCUT2D eigenvalue weighted by molar-refractivity contribution is 0.0874. The molecule has 0 bridgehead atoms. The summed E-state index contributed by atoms with van der Waals surface area (Å²) in [7, 11) is 0. The first-order valence-electron chi connectivity index (χ1n) is 7.09. The van der Waals surface area contributed by atoms with Crippen molar-refractivity contribution in [1.29, 1.82) is 0 Å². The third-order valence-corrected chi connectivity index (χ3v) is 3.40. The summed E-state index contributed by atoms with van der Waals surface area (Å²) in [4.78, 5) is 10.7. The maximum Gasteiger partial charge on any atom is 0.196 e. The third kappa shape index (κ3) is 2.56. The maximum absolute atomic E-state index is 10.1. The highest BCUT2D eigenvalue weighted by Crippen LogP contribution is 2.32. The Morgan fingerprint density at radius 1 is 1.24 bits per heavy atom. The zero-order valence-electron chi connectivity index (χ0n) is 12.5. The molecule has 0 fully saturated rings. The Balaban J connectivity index is 2.18. The molecule has 0 saturated heterocycles. The van der Waals surface area contributed by atoms with Crippen molar-refractivity contribution in [2.75, 3.05) is 18.0 Å². The minimum absolute atomic E-state index is 0.479. The largest absolute Gasteiger partial charge is 0.450 e. The Labute approximate surface area is 123 Å². The van der Waals surface area contributed by atoms with Crippen LogP contribution in [0.2, 0.25) is 0 Å². The molecule has 5 heteroatoms. The topological polar surface area (TPSA) is 62.4 Å². The van der Waals surface area contributed by atoms with Crippen molar-refractivity contribution in [2.24, 2.45) is 0 Å². The van der Waals surface area contributed by atoms with Crippen molar-refractivity contribution in [1.82, 2.24) is 9.97 Å². The maximum atomic E-state index is 10.1. The molecule has 2 aromatic heterocycles. The van der Waals surface area contributed by atoms with Crippen LogP contribution in [0.4, 0.5) is 5.82 Å². The summed E-state index contributed by atoms with van der Waals surface area (Å²) in [5.74, 6) is 0.723. The van der Waals surface area contributed by atoms with Crippen molar-refractivity contribution in [3.05, 3.63) is 30.6 Å². The van der Waals surface area contributed by atoms with Crippen molar-refractivity contribution < 1.29 is 9.52 Å². The highest BCUT2D eigenvalue weighted by molar-refractivity contribution is 6.05. The Kier molecular flexibility index (Phi) is 3.29. The summed E-state index contributed by atoms with van der Waals surface area (Å²) in [5.41, 5.74) is 1.47. The number of para-hydroxylation sites is 1. The lowest BCUT2D eigenvalue weighted by atomic mass is 10.1. The molecule has 1 N–H and O–H groups in total. The van der Waals surface area contributed by atoms with Crippen LogP contribution in [0.25, 0.3) is 22.1 Å². The minimum atomic E-state index is -0.806. The van der Waals surface area contributed by atoms with E-state index in [9.17, 15) is 5.11 Å². The fraction of sp³-hybridized carbons (Fsp3) is 0.375. The van der Waals surface area contributed by atoms with E-state index in [1.807, 2.05) is 36.1 Å². The number of furan rings is 1. The molecule has 5 nitrogen and oxygen atoms in total. The van der Waals surface area contributed by atoms with Gasteiger partial charge in [0, 0.05) is 18.5 Å². The van der Waals surface area contributed by atoms with E-state index in [1.54, 1.807) is 20.2 Å². The van der Waals surface area contributed by atoms with E-state index in [1.165, 1.54) is 0 Å². The second-order valence-corrected chi connectivity index (χ2v) is 5.80. The summed E-state index contributed by atoms with van der Waals surface area (Å²) in [5, 5.41) is 11.1. The molecule has 0 spiro atoms. The zero-order valence-corrected chi connectivity index (χ0v) is 12.5. The average molecular weight is 285 g/mol. The van der Waals surface area contributed by atoms with Gasteiger partial charge in [0.15, 0.2) is 11.4 Å². The van der Waals surface area contributed by atoms with E-state index in [-0.39, 0.29) is 0 Å². The lowest BCUT2D eigenvalue weighted by Gasteiger charge is -2.28. The number of fused-ring (bicyclic) bond motifs is 3. The first-order chi connectivity index (χ1) is 9.99. The van der Waals surface area contributed by atoms with Crippen LogP contribution in [0.15, 0.2) is 35.0 Å². The standard InChI is InChI=1S/C16H19N3O2/c1-4-19(9-16(2,3)20)15-14-13(17-10-18-15)11-7-5-6-8-12(11)21-14/h5-8,10,20H,4,9H2,1-3H3. The zero-order chi connectivity index (χ0) is 15.0. The van der Waals surface area contributed by atoms with Gasteiger partial charge in [-0.2, -0.15) is 0 Å². The molecule has 1 aromatic carbocycles. The van der Waals surface area contributed by atoms with Crippen molar-refractivity contribution in [3.8, 4) is 0 Å². The molecule has 0 aliphatic rings. The SMILES string of the molecule is CCN(CC(C)(C)O)c1ncnc2c1oc1ccccc12. The van der Waals surface area contributed by atoms with Gasteiger partial charge in [0.25, 0.3) is 0 Å². The van der Waals surface area contributed by atoms with Crippen LogP contribution in [-0.2, 0) is 0 Å². The second kappa shape index (κ2) is 5.00.